The molecule has 2 fully saturated rings. The topological polar surface area (TPSA) is 55.8 Å². The highest BCUT2D eigenvalue weighted by molar-refractivity contribution is 5.66. The molecule has 1 saturated heterocycles. The standard InChI is InChI=1S/C13H22O4/c1-9(14)17-13-8-16-12(7-11(13)15)10-5-3-2-4-6-10/h10-13,15H,2-8H2,1H3/t11-,12+,13-/m1/s1. The first-order valence-electron chi connectivity index (χ1n) is 6.63. The third kappa shape index (κ3) is 3.42. The Morgan fingerprint density at radius 1 is 1.29 bits per heavy atom. The molecule has 1 heterocycles. The minimum Gasteiger partial charge on any atom is -0.457 e. The van der Waals surface area contributed by atoms with E-state index in [1.807, 2.05) is 0 Å². The summed E-state index contributed by atoms with van der Waals surface area (Å²) in [5, 5.41) is 9.96. The van der Waals surface area contributed by atoms with Crippen molar-refractivity contribution in [3.63, 3.8) is 0 Å². The van der Waals surface area contributed by atoms with Crippen LogP contribution >= 0.6 is 0 Å². The van der Waals surface area contributed by atoms with Gasteiger partial charge in [-0.05, 0) is 18.8 Å². The predicted octanol–water partition coefficient (Wildman–Crippen LogP) is 1.65. The van der Waals surface area contributed by atoms with E-state index in [2.05, 4.69) is 0 Å². The molecule has 4 nitrogen and oxygen atoms in total. The van der Waals surface area contributed by atoms with Crippen molar-refractivity contribution in [1.29, 1.82) is 0 Å². The van der Waals surface area contributed by atoms with Gasteiger partial charge in [-0.3, -0.25) is 4.79 Å². The Balaban J connectivity index is 1.83. The lowest BCUT2D eigenvalue weighted by Crippen LogP contribution is -2.46. The Kier molecular flexibility index (Phi) is 4.40. The lowest BCUT2D eigenvalue weighted by molar-refractivity contribution is -0.178. The van der Waals surface area contributed by atoms with Gasteiger partial charge in [0.1, 0.15) is 0 Å². The molecule has 0 bridgehead atoms. The van der Waals surface area contributed by atoms with Gasteiger partial charge in [-0.15, -0.1) is 0 Å². The average molecular weight is 242 g/mol. The van der Waals surface area contributed by atoms with Gasteiger partial charge in [0, 0.05) is 13.3 Å². The summed E-state index contributed by atoms with van der Waals surface area (Å²) < 4.78 is 10.8. The molecule has 1 N–H and O–H groups in total. The van der Waals surface area contributed by atoms with E-state index in [0.29, 0.717) is 18.9 Å². The predicted molar refractivity (Wildman–Crippen MR) is 62.5 cm³/mol. The quantitative estimate of drug-likeness (QED) is 0.748. The van der Waals surface area contributed by atoms with Gasteiger partial charge < -0.3 is 14.6 Å². The fourth-order valence-corrected chi connectivity index (χ4v) is 2.95. The van der Waals surface area contributed by atoms with Gasteiger partial charge >= 0.3 is 5.97 Å². The summed E-state index contributed by atoms with van der Waals surface area (Å²) in [6.07, 6.45) is 5.97. The van der Waals surface area contributed by atoms with Crippen LogP contribution in [0.3, 0.4) is 0 Å². The van der Waals surface area contributed by atoms with Crippen LogP contribution in [0.1, 0.15) is 45.4 Å². The maximum absolute atomic E-state index is 10.9. The summed E-state index contributed by atoms with van der Waals surface area (Å²) in [5.74, 6) is 0.227. The van der Waals surface area contributed by atoms with Gasteiger partial charge in [0.25, 0.3) is 0 Å². The molecule has 1 aliphatic carbocycles. The van der Waals surface area contributed by atoms with E-state index in [4.69, 9.17) is 9.47 Å². The maximum atomic E-state index is 10.9. The summed E-state index contributed by atoms with van der Waals surface area (Å²) in [6.45, 7) is 1.70. The Bertz CT molecular complexity index is 260. The number of rotatable bonds is 2. The van der Waals surface area contributed by atoms with Crippen LogP contribution in [0.25, 0.3) is 0 Å². The number of hydrogen-bond acceptors (Lipinski definition) is 4. The van der Waals surface area contributed by atoms with Crippen molar-refractivity contribution in [3.8, 4) is 0 Å². The minimum atomic E-state index is -0.570. The van der Waals surface area contributed by atoms with Crippen LogP contribution in [0, 0.1) is 5.92 Å². The molecule has 0 aromatic carbocycles. The van der Waals surface area contributed by atoms with Crippen LogP contribution in [-0.4, -0.2) is 36.0 Å². The molecular weight excluding hydrogens is 220 g/mol. The number of hydrogen-bond donors (Lipinski definition) is 1. The molecule has 1 saturated carbocycles. The van der Waals surface area contributed by atoms with Gasteiger partial charge in [0.15, 0.2) is 6.10 Å². The summed E-state index contributed by atoms with van der Waals surface area (Å²) >= 11 is 0. The molecule has 1 aliphatic heterocycles. The summed E-state index contributed by atoms with van der Waals surface area (Å²) in [6, 6.07) is 0. The highest BCUT2D eigenvalue weighted by Gasteiger charge is 2.36. The third-order valence-corrected chi connectivity index (χ3v) is 3.87. The largest absolute Gasteiger partial charge is 0.457 e. The number of carbonyl (C=O) groups is 1. The van der Waals surface area contributed by atoms with Gasteiger partial charge in [0.05, 0.1) is 18.8 Å². The second-order valence-electron chi connectivity index (χ2n) is 5.22. The van der Waals surface area contributed by atoms with Crippen molar-refractivity contribution in [1.82, 2.24) is 0 Å². The fourth-order valence-electron chi connectivity index (χ4n) is 2.95. The van der Waals surface area contributed by atoms with Crippen molar-refractivity contribution in [2.75, 3.05) is 6.61 Å². The van der Waals surface area contributed by atoms with Crippen molar-refractivity contribution in [3.05, 3.63) is 0 Å². The van der Waals surface area contributed by atoms with Crippen molar-refractivity contribution in [2.24, 2.45) is 5.92 Å². The van der Waals surface area contributed by atoms with Crippen molar-refractivity contribution >= 4 is 5.97 Å². The van der Waals surface area contributed by atoms with Gasteiger partial charge in [-0.2, -0.15) is 0 Å². The number of aliphatic hydroxyl groups excluding tert-OH is 1. The van der Waals surface area contributed by atoms with Gasteiger partial charge in [-0.1, -0.05) is 19.3 Å². The molecule has 17 heavy (non-hydrogen) atoms. The zero-order valence-electron chi connectivity index (χ0n) is 10.4. The number of esters is 1. The molecule has 2 aliphatic rings. The molecule has 0 unspecified atom stereocenters. The molecule has 98 valence electrons. The molecule has 0 spiro atoms. The first kappa shape index (κ1) is 12.8. The Morgan fingerprint density at radius 3 is 2.59 bits per heavy atom. The SMILES string of the molecule is CC(=O)O[C@@H]1CO[C@H](C2CCCCC2)C[C@H]1O. The average Bonchev–Trinajstić information content (AvgIpc) is 2.32. The van der Waals surface area contributed by atoms with E-state index >= 15 is 0 Å². The normalized spacial score (nSPS) is 35.5. The molecule has 0 aromatic rings. The summed E-state index contributed by atoms with van der Waals surface area (Å²) in [7, 11) is 0. The van der Waals surface area contributed by atoms with E-state index in [1.165, 1.54) is 39.0 Å². The highest BCUT2D eigenvalue weighted by atomic mass is 16.6. The maximum Gasteiger partial charge on any atom is 0.303 e. The van der Waals surface area contributed by atoms with Crippen LogP contribution in [-0.2, 0) is 14.3 Å². The van der Waals surface area contributed by atoms with Crippen molar-refractivity contribution in [2.45, 2.75) is 63.8 Å². The molecule has 0 amide bonds. The highest BCUT2D eigenvalue weighted by Crippen LogP contribution is 2.32. The fraction of sp³-hybridized carbons (Fsp3) is 0.923. The lowest BCUT2D eigenvalue weighted by Gasteiger charge is -2.38. The van der Waals surface area contributed by atoms with E-state index in [1.54, 1.807) is 0 Å². The first-order chi connectivity index (χ1) is 8.16. The van der Waals surface area contributed by atoms with Crippen LogP contribution in [0.15, 0.2) is 0 Å². The Morgan fingerprint density at radius 2 is 2.00 bits per heavy atom. The van der Waals surface area contributed by atoms with E-state index < -0.39 is 12.2 Å². The van der Waals surface area contributed by atoms with E-state index in [0.717, 1.165) is 0 Å². The third-order valence-electron chi connectivity index (χ3n) is 3.87. The molecular formula is C13H22O4. The molecule has 4 heteroatoms. The van der Waals surface area contributed by atoms with Crippen molar-refractivity contribution < 1.29 is 19.4 Å². The Hall–Kier alpha value is -0.610. The molecule has 2 rings (SSSR count). The molecule has 0 radical (unpaired) electrons. The number of carbonyl (C=O) groups excluding carboxylic acids is 1. The monoisotopic (exact) mass is 242 g/mol. The molecule has 3 atom stereocenters. The number of aliphatic hydroxyl groups is 1. The first-order valence-corrected chi connectivity index (χ1v) is 6.63. The second kappa shape index (κ2) is 5.83. The van der Waals surface area contributed by atoms with E-state index in [-0.39, 0.29) is 12.1 Å². The summed E-state index contributed by atoms with van der Waals surface area (Å²) in [4.78, 5) is 10.9. The van der Waals surface area contributed by atoms with Gasteiger partial charge in [-0.25, -0.2) is 0 Å². The van der Waals surface area contributed by atoms with Crippen LogP contribution in [0.2, 0.25) is 0 Å². The summed E-state index contributed by atoms with van der Waals surface area (Å²) in [5.41, 5.74) is 0. The van der Waals surface area contributed by atoms with Crippen LogP contribution in [0.5, 0.6) is 0 Å². The lowest BCUT2D eigenvalue weighted by atomic mass is 9.82. The second-order valence-corrected chi connectivity index (χ2v) is 5.22. The van der Waals surface area contributed by atoms with Crippen LogP contribution in [0.4, 0.5) is 0 Å². The zero-order valence-corrected chi connectivity index (χ0v) is 10.4. The van der Waals surface area contributed by atoms with Gasteiger partial charge in [0.2, 0.25) is 0 Å². The smallest absolute Gasteiger partial charge is 0.303 e. The number of ether oxygens (including phenoxy) is 2. The van der Waals surface area contributed by atoms with E-state index in [9.17, 15) is 9.90 Å². The Labute approximate surface area is 102 Å². The van der Waals surface area contributed by atoms with Crippen LogP contribution < -0.4 is 0 Å². The zero-order chi connectivity index (χ0) is 12.3. The molecule has 0 aromatic heterocycles. The minimum absolute atomic E-state index is 0.150.